The van der Waals surface area contributed by atoms with Crippen LogP contribution < -0.4 is 5.73 Å². The first-order chi connectivity index (χ1) is 9.74. The lowest BCUT2D eigenvalue weighted by molar-refractivity contribution is 0.324. The second-order valence-electron chi connectivity index (χ2n) is 4.89. The Morgan fingerprint density at radius 3 is 2.70 bits per heavy atom. The minimum atomic E-state index is -0.0240. The van der Waals surface area contributed by atoms with Crippen molar-refractivity contribution < 1.29 is 4.42 Å². The molecular formula is C16H24N2OS. The van der Waals surface area contributed by atoms with Gasteiger partial charge in [-0.05, 0) is 25.2 Å². The summed E-state index contributed by atoms with van der Waals surface area (Å²) < 4.78 is 5.80. The minimum absolute atomic E-state index is 0.0240. The molecule has 1 unspecified atom stereocenters. The van der Waals surface area contributed by atoms with Gasteiger partial charge in [-0.1, -0.05) is 32.0 Å². The number of nitrogens with two attached hydrogens (primary N) is 1. The van der Waals surface area contributed by atoms with Gasteiger partial charge in [-0.3, -0.25) is 0 Å². The van der Waals surface area contributed by atoms with Crippen molar-refractivity contribution in [2.24, 2.45) is 5.73 Å². The fourth-order valence-corrected chi connectivity index (χ4v) is 3.18. The predicted octanol–water partition coefficient (Wildman–Crippen LogP) is 3.51. The Hall–Kier alpha value is -0.970. The largest absolute Gasteiger partial charge is 0.459 e. The number of thioether (sulfide) groups is 1. The number of fused-ring (bicyclic) bond motifs is 1. The van der Waals surface area contributed by atoms with E-state index in [1.54, 1.807) is 0 Å². The second kappa shape index (κ2) is 7.72. The van der Waals surface area contributed by atoms with E-state index in [1.165, 1.54) is 0 Å². The molecular weight excluding hydrogens is 268 g/mol. The van der Waals surface area contributed by atoms with E-state index < -0.39 is 0 Å². The molecule has 110 valence electrons. The number of nitrogens with zero attached hydrogens (tertiary/aromatic N) is 1. The molecule has 2 N–H and O–H groups in total. The van der Waals surface area contributed by atoms with Gasteiger partial charge >= 0.3 is 0 Å². The Kier molecular flexibility index (Phi) is 5.95. The van der Waals surface area contributed by atoms with Crippen molar-refractivity contribution in [1.29, 1.82) is 0 Å². The Labute approximate surface area is 125 Å². The lowest BCUT2D eigenvalue weighted by atomic mass is 10.2. The number of furan rings is 1. The summed E-state index contributed by atoms with van der Waals surface area (Å²) in [7, 11) is 0. The Bertz CT molecular complexity index is 489. The highest BCUT2D eigenvalue weighted by Gasteiger charge is 2.12. The van der Waals surface area contributed by atoms with Crippen molar-refractivity contribution in [3.63, 3.8) is 0 Å². The molecule has 2 rings (SSSR count). The van der Waals surface area contributed by atoms with Crippen LogP contribution in [0.5, 0.6) is 0 Å². The third-order valence-electron chi connectivity index (χ3n) is 3.55. The SMILES string of the molecule is CCN(CC)CCSCC(N)c1cc2ccccc2o1. The molecule has 0 aliphatic carbocycles. The third-order valence-corrected chi connectivity index (χ3v) is 4.62. The van der Waals surface area contributed by atoms with Crippen LogP contribution in [0.15, 0.2) is 34.7 Å². The van der Waals surface area contributed by atoms with Crippen LogP contribution >= 0.6 is 11.8 Å². The molecule has 1 heterocycles. The highest BCUT2D eigenvalue weighted by Crippen LogP contribution is 2.24. The number of hydrogen-bond acceptors (Lipinski definition) is 4. The zero-order valence-corrected chi connectivity index (χ0v) is 13.2. The maximum atomic E-state index is 6.21. The molecule has 0 aliphatic rings. The van der Waals surface area contributed by atoms with Crippen LogP contribution in [0.2, 0.25) is 0 Å². The quantitative estimate of drug-likeness (QED) is 0.756. The van der Waals surface area contributed by atoms with Gasteiger partial charge < -0.3 is 15.1 Å². The maximum absolute atomic E-state index is 6.21. The summed E-state index contributed by atoms with van der Waals surface area (Å²) in [6.45, 7) is 7.77. The highest BCUT2D eigenvalue weighted by molar-refractivity contribution is 7.99. The molecule has 0 bridgehead atoms. The molecule has 0 amide bonds. The van der Waals surface area contributed by atoms with Gasteiger partial charge in [0.25, 0.3) is 0 Å². The molecule has 4 heteroatoms. The van der Waals surface area contributed by atoms with Gasteiger partial charge in [0, 0.05) is 23.4 Å². The number of rotatable bonds is 8. The number of hydrogen-bond donors (Lipinski definition) is 1. The molecule has 0 aliphatic heterocycles. The predicted molar refractivity (Wildman–Crippen MR) is 88.3 cm³/mol. The molecule has 0 saturated carbocycles. The average molecular weight is 292 g/mol. The smallest absolute Gasteiger partial charge is 0.134 e. The van der Waals surface area contributed by atoms with E-state index >= 15 is 0 Å². The number of benzene rings is 1. The molecule has 2 aromatic rings. The van der Waals surface area contributed by atoms with E-state index in [4.69, 9.17) is 10.2 Å². The van der Waals surface area contributed by atoms with Crippen molar-refractivity contribution in [3.05, 3.63) is 36.1 Å². The van der Waals surface area contributed by atoms with E-state index in [-0.39, 0.29) is 6.04 Å². The first-order valence-electron chi connectivity index (χ1n) is 7.28. The van der Waals surface area contributed by atoms with E-state index in [1.807, 2.05) is 30.0 Å². The van der Waals surface area contributed by atoms with Crippen LogP contribution in [-0.2, 0) is 0 Å². The van der Waals surface area contributed by atoms with Crippen LogP contribution in [-0.4, -0.2) is 36.0 Å². The van der Waals surface area contributed by atoms with Crippen molar-refractivity contribution in [2.75, 3.05) is 31.1 Å². The first kappa shape index (κ1) is 15.4. The van der Waals surface area contributed by atoms with E-state index in [2.05, 4.69) is 30.9 Å². The van der Waals surface area contributed by atoms with Gasteiger partial charge in [-0.2, -0.15) is 11.8 Å². The van der Waals surface area contributed by atoms with Crippen LogP contribution in [0.3, 0.4) is 0 Å². The standard InChI is InChI=1S/C16H24N2OS/c1-3-18(4-2)9-10-20-12-14(17)16-11-13-7-5-6-8-15(13)19-16/h5-8,11,14H,3-4,9-10,12,17H2,1-2H3. The lowest BCUT2D eigenvalue weighted by Gasteiger charge is -2.17. The number of para-hydroxylation sites is 1. The molecule has 0 radical (unpaired) electrons. The molecule has 1 aromatic heterocycles. The molecule has 0 saturated heterocycles. The first-order valence-corrected chi connectivity index (χ1v) is 8.44. The molecule has 3 nitrogen and oxygen atoms in total. The summed E-state index contributed by atoms with van der Waals surface area (Å²) in [5.74, 6) is 2.91. The van der Waals surface area contributed by atoms with Crippen LogP contribution in [0.4, 0.5) is 0 Å². The van der Waals surface area contributed by atoms with Gasteiger partial charge in [0.1, 0.15) is 11.3 Å². The summed E-state index contributed by atoms with van der Waals surface area (Å²) in [4.78, 5) is 2.43. The minimum Gasteiger partial charge on any atom is -0.459 e. The summed E-state index contributed by atoms with van der Waals surface area (Å²) in [6, 6.07) is 10.1. The van der Waals surface area contributed by atoms with Crippen LogP contribution in [0, 0.1) is 0 Å². The molecule has 1 aromatic carbocycles. The van der Waals surface area contributed by atoms with E-state index in [0.29, 0.717) is 0 Å². The van der Waals surface area contributed by atoms with Gasteiger partial charge in [-0.15, -0.1) is 0 Å². The van der Waals surface area contributed by atoms with Crippen molar-refractivity contribution >= 4 is 22.7 Å². The zero-order chi connectivity index (χ0) is 14.4. The van der Waals surface area contributed by atoms with Gasteiger partial charge in [-0.25, -0.2) is 0 Å². The van der Waals surface area contributed by atoms with E-state index in [9.17, 15) is 0 Å². The lowest BCUT2D eigenvalue weighted by Crippen LogP contribution is -2.25. The van der Waals surface area contributed by atoms with Crippen LogP contribution in [0.25, 0.3) is 11.0 Å². The average Bonchev–Trinajstić information content (AvgIpc) is 2.91. The normalized spacial score (nSPS) is 13.2. The topological polar surface area (TPSA) is 42.4 Å². The summed E-state index contributed by atoms with van der Waals surface area (Å²) >= 11 is 1.90. The molecule has 20 heavy (non-hydrogen) atoms. The Morgan fingerprint density at radius 1 is 1.25 bits per heavy atom. The third kappa shape index (κ3) is 4.01. The Morgan fingerprint density at radius 2 is 2.00 bits per heavy atom. The monoisotopic (exact) mass is 292 g/mol. The van der Waals surface area contributed by atoms with Gasteiger partial charge in [0.2, 0.25) is 0 Å². The van der Waals surface area contributed by atoms with Crippen molar-refractivity contribution in [1.82, 2.24) is 4.90 Å². The fraction of sp³-hybridized carbons (Fsp3) is 0.500. The molecule has 0 fully saturated rings. The van der Waals surface area contributed by atoms with Crippen molar-refractivity contribution in [3.8, 4) is 0 Å². The fourth-order valence-electron chi connectivity index (χ4n) is 2.21. The second-order valence-corrected chi connectivity index (χ2v) is 6.04. The summed E-state index contributed by atoms with van der Waals surface area (Å²) in [5.41, 5.74) is 7.13. The van der Waals surface area contributed by atoms with Crippen molar-refractivity contribution in [2.45, 2.75) is 19.9 Å². The van der Waals surface area contributed by atoms with Crippen LogP contribution in [0.1, 0.15) is 25.6 Å². The zero-order valence-electron chi connectivity index (χ0n) is 12.3. The highest BCUT2D eigenvalue weighted by atomic mass is 32.2. The maximum Gasteiger partial charge on any atom is 0.134 e. The van der Waals surface area contributed by atoms with Gasteiger partial charge in [0.15, 0.2) is 0 Å². The Balaban J connectivity index is 1.81. The molecule has 0 spiro atoms. The van der Waals surface area contributed by atoms with E-state index in [0.717, 1.165) is 47.9 Å². The summed E-state index contributed by atoms with van der Waals surface area (Å²) in [5, 5.41) is 1.13. The summed E-state index contributed by atoms with van der Waals surface area (Å²) in [6.07, 6.45) is 0. The van der Waals surface area contributed by atoms with Gasteiger partial charge in [0.05, 0.1) is 6.04 Å². The molecule has 1 atom stereocenters.